The summed E-state index contributed by atoms with van der Waals surface area (Å²) in [5.74, 6) is 1.65. The lowest BCUT2D eigenvalue weighted by molar-refractivity contribution is 0.258. The van der Waals surface area contributed by atoms with E-state index in [1.54, 1.807) is 6.33 Å². The number of aromatic amines is 1. The van der Waals surface area contributed by atoms with E-state index in [0.29, 0.717) is 17.8 Å². The molecule has 1 N–H and O–H groups in total. The van der Waals surface area contributed by atoms with Crippen LogP contribution in [0.5, 0.6) is 0 Å². The van der Waals surface area contributed by atoms with Gasteiger partial charge in [-0.15, -0.1) is 0 Å². The Morgan fingerprint density at radius 1 is 1.14 bits per heavy atom. The summed E-state index contributed by atoms with van der Waals surface area (Å²) in [4.78, 5) is 10.9. The van der Waals surface area contributed by atoms with Crippen LogP contribution < -0.4 is 0 Å². The number of rotatable bonds is 6. The number of allylic oxidation sites excluding steroid dienone is 1. The topological polar surface area (TPSA) is 49.2 Å². The van der Waals surface area contributed by atoms with Gasteiger partial charge in [-0.1, -0.05) is 33.4 Å². The standard InChI is InChI=1S/C30H37N5/c1-6-19(4)34-13-11-21(12-14-34)23-9-10-26-24(15-23)27(18(2)3)29(33-26)25-16-35-30(31-17-32-35)28(20(25)5)22-7-8-22/h9-10,15-18,21-22,33H,4,6-8,11-14H2,1-3,5H3. The highest BCUT2D eigenvalue weighted by molar-refractivity contribution is 5.93. The summed E-state index contributed by atoms with van der Waals surface area (Å²) in [6, 6.07) is 7.14. The minimum Gasteiger partial charge on any atom is -0.375 e. The van der Waals surface area contributed by atoms with Crippen LogP contribution in [-0.4, -0.2) is 37.6 Å². The molecule has 182 valence electrons. The van der Waals surface area contributed by atoms with E-state index in [9.17, 15) is 0 Å². The monoisotopic (exact) mass is 467 g/mol. The van der Waals surface area contributed by atoms with E-state index in [2.05, 4.69) is 78.6 Å². The number of likely N-dealkylation sites (tertiary alicyclic amines) is 1. The highest BCUT2D eigenvalue weighted by Crippen LogP contribution is 2.46. The predicted molar refractivity (Wildman–Crippen MR) is 144 cm³/mol. The minimum atomic E-state index is 0.416. The van der Waals surface area contributed by atoms with E-state index in [0.717, 1.165) is 25.2 Å². The number of nitrogens with one attached hydrogen (secondary N) is 1. The van der Waals surface area contributed by atoms with Crippen molar-refractivity contribution in [3.8, 4) is 11.3 Å². The Bertz CT molecular complexity index is 1410. The van der Waals surface area contributed by atoms with E-state index in [4.69, 9.17) is 0 Å². The molecule has 1 saturated heterocycles. The maximum absolute atomic E-state index is 4.59. The van der Waals surface area contributed by atoms with E-state index in [1.165, 1.54) is 75.8 Å². The number of hydrogen-bond acceptors (Lipinski definition) is 3. The Morgan fingerprint density at radius 3 is 2.60 bits per heavy atom. The summed E-state index contributed by atoms with van der Waals surface area (Å²) in [6.07, 6.45) is 9.82. The van der Waals surface area contributed by atoms with Gasteiger partial charge >= 0.3 is 0 Å². The van der Waals surface area contributed by atoms with Gasteiger partial charge in [0.05, 0.1) is 5.69 Å². The molecule has 1 aliphatic carbocycles. The smallest absolute Gasteiger partial charge is 0.159 e. The van der Waals surface area contributed by atoms with Crippen LogP contribution in [0.1, 0.15) is 92.9 Å². The van der Waals surface area contributed by atoms with E-state index < -0.39 is 0 Å². The van der Waals surface area contributed by atoms with Crippen LogP contribution in [0.2, 0.25) is 0 Å². The van der Waals surface area contributed by atoms with Crippen LogP contribution in [-0.2, 0) is 0 Å². The fraction of sp³-hybridized carbons (Fsp3) is 0.467. The minimum absolute atomic E-state index is 0.416. The predicted octanol–water partition coefficient (Wildman–Crippen LogP) is 7.29. The van der Waals surface area contributed by atoms with Gasteiger partial charge in [-0.25, -0.2) is 9.50 Å². The van der Waals surface area contributed by atoms with Gasteiger partial charge in [-0.05, 0) is 85.6 Å². The fourth-order valence-corrected chi connectivity index (χ4v) is 6.23. The molecular formula is C30H37N5. The van der Waals surface area contributed by atoms with Crippen molar-refractivity contribution in [3.05, 3.63) is 65.3 Å². The highest BCUT2D eigenvalue weighted by atomic mass is 15.3. The lowest BCUT2D eigenvalue weighted by atomic mass is 9.87. The number of fused-ring (bicyclic) bond motifs is 2. The first-order chi connectivity index (χ1) is 17.0. The Morgan fingerprint density at radius 2 is 1.91 bits per heavy atom. The highest BCUT2D eigenvalue weighted by Gasteiger charge is 2.31. The zero-order valence-electron chi connectivity index (χ0n) is 21.6. The quantitative estimate of drug-likeness (QED) is 0.324. The van der Waals surface area contributed by atoms with Crippen LogP contribution in [0.4, 0.5) is 0 Å². The molecule has 4 heterocycles. The number of nitrogens with zero attached hydrogens (tertiary/aromatic N) is 4. The molecule has 1 saturated carbocycles. The van der Waals surface area contributed by atoms with Crippen molar-refractivity contribution in [3.63, 3.8) is 0 Å². The zero-order valence-corrected chi connectivity index (χ0v) is 21.6. The molecule has 1 aliphatic heterocycles. The average Bonchev–Trinajstić information content (AvgIpc) is 3.46. The second-order valence-electron chi connectivity index (χ2n) is 10.9. The molecule has 0 amide bonds. The molecule has 5 nitrogen and oxygen atoms in total. The molecule has 0 radical (unpaired) electrons. The second-order valence-corrected chi connectivity index (χ2v) is 10.9. The molecule has 6 rings (SSSR count). The third kappa shape index (κ3) is 3.76. The van der Waals surface area contributed by atoms with Crippen LogP contribution >= 0.6 is 0 Å². The van der Waals surface area contributed by atoms with E-state index >= 15 is 0 Å². The largest absolute Gasteiger partial charge is 0.375 e. The number of hydrogen-bond donors (Lipinski definition) is 1. The molecule has 4 aromatic rings. The molecule has 2 aliphatic rings. The van der Waals surface area contributed by atoms with Gasteiger partial charge < -0.3 is 9.88 Å². The van der Waals surface area contributed by atoms with Crippen LogP contribution in [0.3, 0.4) is 0 Å². The van der Waals surface area contributed by atoms with Crippen LogP contribution in [0.15, 0.2) is 43.0 Å². The normalized spacial score (nSPS) is 17.2. The number of H-pyrrole nitrogens is 1. The Labute approximate surface area is 208 Å². The maximum atomic E-state index is 4.59. The molecule has 0 atom stereocenters. The molecule has 0 spiro atoms. The van der Waals surface area contributed by atoms with Crippen molar-refractivity contribution in [1.82, 2.24) is 24.5 Å². The summed E-state index contributed by atoms with van der Waals surface area (Å²) in [6.45, 7) is 15.6. The van der Waals surface area contributed by atoms with Crippen LogP contribution in [0.25, 0.3) is 27.8 Å². The van der Waals surface area contributed by atoms with Gasteiger partial charge in [-0.2, -0.15) is 5.10 Å². The molecule has 5 heteroatoms. The molecule has 0 unspecified atom stereocenters. The van der Waals surface area contributed by atoms with Crippen molar-refractivity contribution in [2.24, 2.45) is 0 Å². The SMILES string of the molecule is C=C(CC)N1CCC(c2ccc3[nH]c(-c4cn5ncnc5c(C5CC5)c4C)c(C(C)C)c3c2)CC1. The number of piperidine rings is 1. The molecule has 3 aromatic heterocycles. The van der Waals surface area contributed by atoms with Gasteiger partial charge in [0, 0.05) is 47.0 Å². The molecular weight excluding hydrogens is 430 g/mol. The summed E-state index contributed by atoms with van der Waals surface area (Å²) in [5.41, 5.74) is 11.7. The second kappa shape index (κ2) is 8.54. The van der Waals surface area contributed by atoms with Gasteiger partial charge in [0.2, 0.25) is 0 Å². The first kappa shape index (κ1) is 22.4. The van der Waals surface area contributed by atoms with Crippen molar-refractivity contribution in [1.29, 1.82) is 0 Å². The van der Waals surface area contributed by atoms with E-state index in [-0.39, 0.29) is 0 Å². The van der Waals surface area contributed by atoms with Gasteiger partial charge in [0.1, 0.15) is 6.33 Å². The fourth-order valence-electron chi connectivity index (χ4n) is 6.23. The third-order valence-electron chi connectivity index (χ3n) is 8.39. The van der Waals surface area contributed by atoms with Gasteiger partial charge in [0.15, 0.2) is 5.65 Å². The average molecular weight is 468 g/mol. The maximum Gasteiger partial charge on any atom is 0.159 e. The van der Waals surface area contributed by atoms with Gasteiger partial charge in [0.25, 0.3) is 0 Å². The van der Waals surface area contributed by atoms with Crippen molar-refractivity contribution < 1.29 is 0 Å². The number of benzene rings is 1. The third-order valence-corrected chi connectivity index (χ3v) is 8.39. The lowest BCUT2D eigenvalue weighted by Gasteiger charge is -2.34. The van der Waals surface area contributed by atoms with Crippen molar-refractivity contribution in [2.75, 3.05) is 13.1 Å². The Hall–Kier alpha value is -3.08. The number of pyridine rings is 1. The molecule has 35 heavy (non-hydrogen) atoms. The van der Waals surface area contributed by atoms with Gasteiger partial charge in [-0.3, -0.25) is 0 Å². The van der Waals surface area contributed by atoms with Crippen molar-refractivity contribution >= 4 is 16.6 Å². The summed E-state index contributed by atoms with van der Waals surface area (Å²) >= 11 is 0. The Kier molecular flexibility index (Phi) is 5.46. The first-order valence-corrected chi connectivity index (χ1v) is 13.4. The summed E-state index contributed by atoms with van der Waals surface area (Å²) < 4.78 is 1.98. The zero-order chi connectivity index (χ0) is 24.3. The molecule has 0 bridgehead atoms. The van der Waals surface area contributed by atoms with Crippen molar-refractivity contribution in [2.45, 2.75) is 77.6 Å². The van der Waals surface area contributed by atoms with Crippen LogP contribution in [0, 0.1) is 6.92 Å². The van der Waals surface area contributed by atoms with E-state index in [1.807, 2.05) is 4.52 Å². The molecule has 2 fully saturated rings. The summed E-state index contributed by atoms with van der Waals surface area (Å²) in [5, 5.41) is 5.90. The summed E-state index contributed by atoms with van der Waals surface area (Å²) in [7, 11) is 0. The first-order valence-electron chi connectivity index (χ1n) is 13.4. The molecule has 1 aromatic carbocycles. The lowest BCUT2D eigenvalue weighted by Crippen LogP contribution is -2.31. The number of aromatic nitrogens is 4. The Balaban J connectivity index is 1.43.